The standard InChI is InChI=1S/C10H10N4O5/c15-5-3-1-13-2-11-4-7(17)12-10(18)14(8(4)13)9(19-3)6(5)16/h2-3,5-6,9,15-16H,1H2,(H,12,17,18)/t3-,5?,6?,9-/m0/s1. The van der Waals surface area contributed by atoms with Gasteiger partial charge in [-0.05, 0) is 0 Å². The molecule has 1 fully saturated rings. The lowest BCUT2D eigenvalue weighted by atomic mass is 10.1. The summed E-state index contributed by atoms with van der Waals surface area (Å²) in [5.74, 6) is 0. The van der Waals surface area contributed by atoms with Gasteiger partial charge in [0, 0.05) is 0 Å². The van der Waals surface area contributed by atoms with Gasteiger partial charge in [-0.15, -0.1) is 0 Å². The number of nitrogens with zero attached hydrogens (tertiary/aromatic N) is 3. The zero-order chi connectivity index (χ0) is 13.3. The van der Waals surface area contributed by atoms with E-state index in [0.717, 1.165) is 4.57 Å². The molecule has 0 radical (unpaired) electrons. The molecule has 100 valence electrons. The monoisotopic (exact) mass is 266 g/mol. The largest absolute Gasteiger partial charge is 0.387 e. The molecular weight excluding hydrogens is 256 g/mol. The highest BCUT2D eigenvalue weighted by atomic mass is 16.6. The summed E-state index contributed by atoms with van der Waals surface area (Å²) < 4.78 is 8.20. The van der Waals surface area contributed by atoms with E-state index in [1.54, 1.807) is 4.57 Å². The first-order valence-corrected chi connectivity index (χ1v) is 5.79. The molecule has 0 spiro atoms. The molecule has 2 aliphatic heterocycles. The molecule has 19 heavy (non-hydrogen) atoms. The Morgan fingerprint density at radius 1 is 1.37 bits per heavy atom. The highest BCUT2D eigenvalue weighted by molar-refractivity contribution is 5.70. The first kappa shape index (κ1) is 10.9. The van der Waals surface area contributed by atoms with Crippen molar-refractivity contribution in [3.8, 4) is 0 Å². The number of fused-ring (bicyclic) bond motifs is 3. The van der Waals surface area contributed by atoms with E-state index in [1.807, 2.05) is 0 Å². The van der Waals surface area contributed by atoms with Gasteiger partial charge >= 0.3 is 5.69 Å². The molecule has 1 saturated heterocycles. The van der Waals surface area contributed by atoms with Gasteiger partial charge in [0.25, 0.3) is 5.56 Å². The molecule has 2 unspecified atom stereocenters. The van der Waals surface area contributed by atoms with E-state index in [-0.39, 0.29) is 12.1 Å². The Morgan fingerprint density at radius 3 is 2.95 bits per heavy atom. The zero-order valence-electron chi connectivity index (χ0n) is 9.55. The number of aromatic amines is 1. The van der Waals surface area contributed by atoms with E-state index < -0.39 is 35.8 Å². The first-order valence-electron chi connectivity index (χ1n) is 5.79. The number of H-pyrrole nitrogens is 1. The van der Waals surface area contributed by atoms with Crippen molar-refractivity contribution in [2.75, 3.05) is 0 Å². The van der Waals surface area contributed by atoms with Crippen molar-refractivity contribution in [2.45, 2.75) is 31.1 Å². The van der Waals surface area contributed by atoms with Crippen LogP contribution in [0.25, 0.3) is 11.2 Å². The fraction of sp³-hybridized carbons (Fsp3) is 0.500. The number of aromatic nitrogens is 4. The molecule has 0 amide bonds. The minimum atomic E-state index is -1.22. The fourth-order valence-electron chi connectivity index (χ4n) is 2.76. The van der Waals surface area contributed by atoms with Crippen LogP contribution in [0.1, 0.15) is 6.23 Å². The van der Waals surface area contributed by atoms with Crippen LogP contribution in [0, 0.1) is 0 Å². The van der Waals surface area contributed by atoms with Crippen molar-refractivity contribution in [3.05, 3.63) is 27.2 Å². The minimum absolute atomic E-state index is 0.109. The van der Waals surface area contributed by atoms with E-state index in [2.05, 4.69) is 9.97 Å². The van der Waals surface area contributed by atoms with Crippen molar-refractivity contribution >= 4 is 11.2 Å². The molecule has 4 rings (SSSR count). The quantitative estimate of drug-likeness (QED) is 0.485. The topological polar surface area (TPSA) is 122 Å². The minimum Gasteiger partial charge on any atom is -0.387 e. The molecule has 3 N–H and O–H groups in total. The van der Waals surface area contributed by atoms with Gasteiger partial charge in [0.15, 0.2) is 17.4 Å². The molecule has 0 aromatic carbocycles. The van der Waals surface area contributed by atoms with Gasteiger partial charge < -0.3 is 19.5 Å². The maximum Gasteiger partial charge on any atom is 0.332 e. The molecule has 2 aromatic heterocycles. The van der Waals surface area contributed by atoms with Crippen LogP contribution in [0.3, 0.4) is 0 Å². The van der Waals surface area contributed by atoms with Crippen LogP contribution in [-0.4, -0.2) is 47.6 Å². The fourth-order valence-corrected chi connectivity index (χ4v) is 2.76. The van der Waals surface area contributed by atoms with Crippen molar-refractivity contribution in [3.63, 3.8) is 0 Å². The van der Waals surface area contributed by atoms with Gasteiger partial charge in [-0.1, -0.05) is 0 Å². The van der Waals surface area contributed by atoms with Crippen LogP contribution >= 0.6 is 0 Å². The van der Waals surface area contributed by atoms with Gasteiger partial charge in [-0.2, -0.15) is 0 Å². The van der Waals surface area contributed by atoms with Crippen LogP contribution in [0.5, 0.6) is 0 Å². The summed E-state index contributed by atoms with van der Waals surface area (Å²) in [5, 5.41) is 19.8. The van der Waals surface area contributed by atoms with Gasteiger partial charge in [-0.3, -0.25) is 9.78 Å². The third-order valence-electron chi connectivity index (χ3n) is 3.66. The molecule has 0 aliphatic carbocycles. The van der Waals surface area contributed by atoms with Gasteiger partial charge in [0.1, 0.15) is 18.3 Å². The average molecular weight is 266 g/mol. The van der Waals surface area contributed by atoms with Crippen molar-refractivity contribution in [2.24, 2.45) is 0 Å². The maximum atomic E-state index is 12.0. The first-order chi connectivity index (χ1) is 9.08. The summed E-state index contributed by atoms with van der Waals surface area (Å²) in [4.78, 5) is 29.7. The molecule has 0 saturated carbocycles. The summed E-state index contributed by atoms with van der Waals surface area (Å²) in [7, 11) is 0. The van der Waals surface area contributed by atoms with Crippen LogP contribution in [-0.2, 0) is 11.3 Å². The Hall–Kier alpha value is -1.97. The molecule has 9 heteroatoms. The number of aliphatic hydroxyl groups excluding tert-OH is 2. The lowest BCUT2D eigenvalue weighted by molar-refractivity contribution is -0.0353. The number of aliphatic hydroxyl groups is 2. The Kier molecular flexibility index (Phi) is 1.91. The van der Waals surface area contributed by atoms with E-state index >= 15 is 0 Å². The Balaban J connectivity index is 2.14. The second kappa shape index (κ2) is 3.32. The molecular formula is C10H10N4O5. The second-order valence-corrected chi connectivity index (χ2v) is 4.74. The molecule has 2 aliphatic rings. The summed E-state index contributed by atoms with van der Waals surface area (Å²) in [5.41, 5.74) is -0.870. The van der Waals surface area contributed by atoms with E-state index in [0.29, 0.717) is 5.65 Å². The van der Waals surface area contributed by atoms with E-state index in [1.165, 1.54) is 6.33 Å². The molecule has 9 nitrogen and oxygen atoms in total. The van der Waals surface area contributed by atoms with E-state index in [9.17, 15) is 19.8 Å². The molecule has 2 aromatic rings. The number of hydrogen-bond acceptors (Lipinski definition) is 6. The van der Waals surface area contributed by atoms with Crippen molar-refractivity contribution < 1.29 is 14.9 Å². The van der Waals surface area contributed by atoms with Crippen molar-refractivity contribution in [1.82, 2.24) is 19.1 Å². The Labute approximate surface area is 104 Å². The lowest BCUT2D eigenvalue weighted by Gasteiger charge is -2.19. The van der Waals surface area contributed by atoms with Gasteiger partial charge in [0.05, 0.1) is 12.9 Å². The number of hydrogen-bond donors (Lipinski definition) is 3. The lowest BCUT2D eigenvalue weighted by Crippen LogP contribution is -2.40. The maximum absolute atomic E-state index is 12.0. The number of rotatable bonds is 0. The highest BCUT2D eigenvalue weighted by Crippen LogP contribution is 2.33. The Bertz CT molecular complexity index is 789. The summed E-state index contributed by atoms with van der Waals surface area (Å²) in [6, 6.07) is 0. The molecule has 2 bridgehead atoms. The van der Waals surface area contributed by atoms with Gasteiger partial charge in [-0.25, -0.2) is 14.3 Å². The summed E-state index contributed by atoms with van der Waals surface area (Å²) in [6.07, 6.45) is -2.56. The third-order valence-corrected chi connectivity index (χ3v) is 3.66. The predicted octanol–water partition coefficient (Wildman–Crippen LogP) is -2.48. The number of ether oxygens (including phenoxy) is 1. The number of nitrogens with one attached hydrogen (secondary N) is 1. The summed E-state index contributed by atoms with van der Waals surface area (Å²) >= 11 is 0. The molecule has 4 atom stereocenters. The Morgan fingerprint density at radius 2 is 2.16 bits per heavy atom. The highest BCUT2D eigenvalue weighted by Gasteiger charge is 2.47. The SMILES string of the molecule is O=c1[nH]c(=O)n2c3c1ncn3C[C@@H]1O[C@H]2C(O)C1O. The zero-order valence-corrected chi connectivity index (χ0v) is 9.55. The average Bonchev–Trinajstić information content (AvgIpc) is 2.82. The van der Waals surface area contributed by atoms with Crippen molar-refractivity contribution in [1.29, 1.82) is 0 Å². The second-order valence-electron chi connectivity index (χ2n) is 4.74. The predicted molar refractivity (Wildman–Crippen MR) is 60.5 cm³/mol. The smallest absolute Gasteiger partial charge is 0.332 e. The normalized spacial score (nSPS) is 32.7. The van der Waals surface area contributed by atoms with Crippen LogP contribution in [0.4, 0.5) is 0 Å². The molecule has 4 heterocycles. The van der Waals surface area contributed by atoms with E-state index in [4.69, 9.17) is 4.74 Å². The van der Waals surface area contributed by atoms with Crippen LogP contribution in [0.2, 0.25) is 0 Å². The van der Waals surface area contributed by atoms with Crippen LogP contribution < -0.4 is 11.2 Å². The summed E-state index contributed by atoms with van der Waals surface area (Å²) in [6.45, 7) is 0.216. The third kappa shape index (κ3) is 1.21. The van der Waals surface area contributed by atoms with Gasteiger partial charge in [0.2, 0.25) is 0 Å². The number of imidazole rings is 1. The van der Waals surface area contributed by atoms with Crippen LogP contribution in [0.15, 0.2) is 15.9 Å².